The van der Waals surface area contributed by atoms with E-state index >= 15 is 0 Å². The third-order valence-electron chi connectivity index (χ3n) is 9.02. The zero-order chi connectivity index (χ0) is 29.6. The molecule has 9 heteroatoms. The van der Waals surface area contributed by atoms with Crippen LogP contribution in [0.15, 0.2) is 48.7 Å². The predicted molar refractivity (Wildman–Crippen MR) is 173 cm³/mol. The third-order valence-corrected chi connectivity index (χ3v) is 10.7. The smallest absolute Gasteiger partial charge is 0.160 e. The van der Waals surface area contributed by atoms with E-state index in [0.29, 0.717) is 25.6 Å². The minimum atomic E-state index is -1.20. The Hall–Kier alpha value is -3.08. The highest BCUT2D eigenvalue weighted by Crippen LogP contribution is 2.36. The summed E-state index contributed by atoms with van der Waals surface area (Å²) in [6.07, 6.45) is 6.18. The molecule has 0 saturated heterocycles. The summed E-state index contributed by atoms with van der Waals surface area (Å²) in [4.78, 5) is 7.64. The lowest BCUT2D eigenvalue weighted by molar-refractivity contribution is 0.0814. The number of nitrogens with zero attached hydrogens (tertiary/aromatic N) is 4. The molecular formula is C34H43N5O3Si. The van der Waals surface area contributed by atoms with Crippen molar-refractivity contribution in [3.8, 4) is 28.1 Å². The lowest BCUT2D eigenvalue weighted by Gasteiger charge is -2.18. The summed E-state index contributed by atoms with van der Waals surface area (Å²) in [5.74, 6) is 0.680. The second kappa shape index (κ2) is 11.8. The van der Waals surface area contributed by atoms with Gasteiger partial charge in [0.1, 0.15) is 31.0 Å². The number of ether oxygens (including phenoxy) is 2. The molecule has 0 bridgehead atoms. The first-order valence-electron chi connectivity index (χ1n) is 15.8. The van der Waals surface area contributed by atoms with E-state index in [2.05, 4.69) is 54.1 Å². The van der Waals surface area contributed by atoms with Crippen LogP contribution in [0.3, 0.4) is 0 Å². The van der Waals surface area contributed by atoms with Gasteiger partial charge in [-0.15, -0.1) is 0 Å². The largest absolute Gasteiger partial charge is 0.492 e. The van der Waals surface area contributed by atoms with Crippen molar-refractivity contribution in [1.82, 2.24) is 25.0 Å². The van der Waals surface area contributed by atoms with Gasteiger partial charge in [0.2, 0.25) is 0 Å². The zero-order valence-corrected chi connectivity index (χ0v) is 26.6. The monoisotopic (exact) mass is 597 g/mol. The first-order valence-corrected chi connectivity index (χ1v) is 19.5. The molecular weight excluding hydrogens is 554 g/mol. The molecule has 0 radical (unpaired) electrons. The molecule has 43 heavy (non-hydrogen) atoms. The van der Waals surface area contributed by atoms with E-state index in [-0.39, 0.29) is 0 Å². The topological polar surface area (TPSA) is 84.7 Å². The molecule has 2 aromatic heterocycles. The third kappa shape index (κ3) is 6.28. The van der Waals surface area contributed by atoms with Crippen LogP contribution in [-0.4, -0.2) is 71.7 Å². The molecule has 2 aromatic carbocycles. The van der Waals surface area contributed by atoms with Crippen molar-refractivity contribution in [3.63, 3.8) is 0 Å². The van der Waals surface area contributed by atoms with Crippen LogP contribution in [0.4, 0.5) is 0 Å². The summed E-state index contributed by atoms with van der Waals surface area (Å²) < 4.78 is 14.0. The second-order valence-electron chi connectivity index (χ2n) is 13.5. The first kappa shape index (κ1) is 28.7. The van der Waals surface area contributed by atoms with Crippen LogP contribution >= 0.6 is 0 Å². The van der Waals surface area contributed by atoms with Crippen molar-refractivity contribution < 1.29 is 14.6 Å². The van der Waals surface area contributed by atoms with E-state index in [1.165, 1.54) is 36.1 Å². The van der Waals surface area contributed by atoms with Crippen LogP contribution < -0.4 is 10.1 Å². The Morgan fingerprint density at radius 2 is 1.81 bits per heavy atom. The van der Waals surface area contributed by atoms with Crippen LogP contribution in [0.2, 0.25) is 25.7 Å². The van der Waals surface area contributed by atoms with Gasteiger partial charge in [-0.1, -0.05) is 50.0 Å². The number of nitrogens with one attached hydrogen (secondary N) is 1. The summed E-state index contributed by atoms with van der Waals surface area (Å²) in [6, 6.07) is 17.0. The van der Waals surface area contributed by atoms with Gasteiger partial charge in [-0.3, -0.25) is 10.2 Å². The highest BCUT2D eigenvalue weighted by Gasteiger charge is 2.30. The minimum Gasteiger partial charge on any atom is -0.492 e. The van der Waals surface area contributed by atoms with Crippen molar-refractivity contribution in [1.29, 1.82) is 0 Å². The predicted octanol–water partition coefficient (Wildman–Crippen LogP) is 5.61. The molecule has 1 saturated carbocycles. The number of pyridine rings is 1. The molecule has 1 unspecified atom stereocenters. The first-order chi connectivity index (χ1) is 20.8. The van der Waals surface area contributed by atoms with Crippen molar-refractivity contribution in [2.75, 3.05) is 32.8 Å². The number of aromatic nitrogens is 3. The lowest BCUT2D eigenvalue weighted by atomic mass is 9.96. The van der Waals surface area contributed by atoms with Crippen LogP contribution in [0.25, 0.3) is 33.4 Å². The molecule has 0 spiro atoms. The fourth-order valence-electron chi connectivity index (χ4n) is 6.28. The van der Waals surface area contributed by atoms with E-state index in [4.69, 9.17) is 19.6 Å². The van der Waals surface area contributed by atoms with E-state index in [1.54, 1.807) is 0 Å². The van der Waals surface area contributed by atoms with Crippen molar-refractivity contribution in [2.45, 2.75) is 70.4 Å². The van der Waals surface area contributed by atoms with Gasteiger partial charge in [-0.2, -0.15) is 5.10 Å². The molecule has 1 aliphatic carbocycles. The van der Waals surface area contributed by atoms with Gasteiger partial charge in [0, 0.05) is 68.6 Å². The molecule has 1 atom stereocenters. The minimum absolute atomic E-state index is 0.355. The average Bonchev–Trinajstić information content (AvgIpc) is 3.82. The van der Waals surface area contributed by atoms with E-state index in [0.717, 1.165) is 71.5 Å². The normalized spacial score (nSPS) is 19.4. The molecule has 2 N–H and O–H groups in total. The Labute approximate surface area is 255 Å². The number of benzene rings is 2. The van der Waals surface area contributed by atoms with Gasteiger partial charge in [0.05, 0.1) is 0 Å². The Morgan fingerprint density at radius 1 is 1.00 bits per heavy atom. The summed E-state index contributed by atoms with van der Waals surface area (Å²) in [5, 5.41) is 19.6. The average molecular weight is 598 g/mol. The van der Waals surface area contributed by atoms with E-state index in [1.807, 2.05) is 29.1 Å². The second-order valence-corrected chi connectivity index (χ2v) is 19.1. The molecule has 8 nitrogen and oxygen atoms in total. The van der Waals surface area contributed by atoms with Crippen LogP contribution in [0, 0.1) is 0 Å². The Balaban J connectivity index is 1.24. The number of aliphatic hydroxyl groups excluding tert-OH is 1. The van der Waals surface area contributed by atoms with Crippen molar-refractivity contribution in [3.05, 3.63) is 65.4 Å². The van der Waals surface area contributed by atoms with Crippen molar-refractivity contribution >= 4 is 19.1 Å². The number of fused-ring (bicyclic) bond motifs is 3. The Morgan fingerprint density at radius 3 is 2.63 bits per heavy atom. The zero-order valence-electron chi connectivity index (χ0n) is 25.6. The Bertz CT molecular complexity index is 1630. The molecule has 0 amide bonds. The highest BCUT2D eigenvalue weighted by atomic mass is 28.3. The molecule has 1 fully saturated rings. The summed E-state index contributed by atoms with van der Waals surface area (Å²) >= 11 is 0. The summed E-state index contributed by atoms with van der Waals surface area (Å²) in [6.45, 7) is 11.6. The van der Waals surface area contributed by atoms with Crippen molar-refractivity contribution in [2.24, 2.45) is 0 Å². The molecule has 4 aromatic rings. The maximum absolute atomic E-state index is 10.5. The van der Waals surface area contributed by atoms with Gasteiger partial charge < -0.3 is 14.6 Å². The number of rotatable bonds is 8. The van der Waals surface area contributed by atoms with Gasteiger partial charge in [-0.25, -0.2) is 9.67 Å². The SMILES string of the molecule is C[Si](C)(C)CCOCn1nc(-c2ccc3c(c2)OCCNC3O)c2cc(-c3ccc4c(c3)CCN(C3CC3)CC4)cnc21. The van der Waals surface area contributed by atoms with E-state index < -0.39 is 14.3 Å². The van der Waals surface area contributed by atoms with Crippen LogP contribution in [-0.2, 0) is 24.3 Å². The maximum Gasteiger partial charge on any atom is 0.160 e. The van der Waals surface area contributed by atoms with Gasteiger partial charge in [-0.05, 0) is 60.6 Å². The Kier molecular flexibility index (Phi) is 7.86. The summed E-state index contributed by atoms with van der Waals surface area (Å²) in [5.41, 5.74) is 8.53. The quantitative estimate of drug-likeness (QED) is 0.202. The standard InChI is InChI=1S/C34H43N5O3Si/c1-43(2,3)17-16-41-22-39-33-30(32(37-39)26-6-9-29-31(20-26)42-15-12-35-34(29)40)19-27(21-36-33)24-5-4-23-10-13-38(28-7-8-28)14-11-25(23)18-24/h4-6,9,18-21,28,34-35,40H,7-8,10-17,22H2,1-3H3. The van der Waals surface area contributed by atoms with Gasteiger partial charge in [0.15, 0.2) is 5.65 Å². The highest BCUT2D eigenvalue weighted by molar-refractivity contribution is 6.76. The molecule has 7 rings (SSSR count). The number of aliphatic hydroxyl groups is 1. The van der Waals surface area contributed by atoms with Gasteiger partial charge in [0.25, 0.3) is 0 Å². The lowest BCUT2D eigenvalue weighted by Crippen LogP contribution is -2.28. The maximum atomic E-state index is 10.5. The molecule has 2 aliphatic heterocycles. The summed E-state index contributed by atoms with van der Waals surface area (Å²) in [7, 11) is -1.20. The molecule has 4 heterocycles. The van der Waals surface area contributed by atoms with Gasteiger partial charge >= 0.3 is 0 Å². The number of hydrogen-bond acceptors (Lipinski definition) is 7. The fraction of sp³-hybridized carbons (Fsp3) is 0.471. The van der Waals surface area contributed by atoms with Crippen LogP contribution in [0.1, 0.15) is 35.8 Å². The van der Waals surface area contributed by atoms with Crippen LogP contribution in [0.5, 0.6) is 5.75 Å². The number of hydrogen-bond donors (Lipinski definition) is 2. The fourth-order valence-corrected chi connectivity index (χ4v) is 7.03. The molecule has 3 aliphatic rings. The van der Waals surface area contributed by atoms with E-state index in [9.17, 15) is 5.11 Å². The molecule has 226 valence electrons.